The first-order valence-corrected chi connectivity index (χ1v) is 2.37. The average Bonchev–Trinajstić information content (AvgIpc) is 1.87. The van der Waals surface area contributed by atoms with Gasteiger partial charge in [-0.1, -0.05) is 6.61 Å². The molecule has 0 aromatic rings. The molecule has 8 heteroatoms. The van der Waals surface area contributed by atoms with Gasteiger partial charge < -0.3 is 5.11 Å². The van der Waals surface area contributed by atoms with Gasteiger partial charge in [0, 0.05) is 0 Å². The van der Waals surface area contributed by atoms with Gasteiger partial charge in [-0.2, -0.15) is 8.78 Å². The Morgan fingerprint density at radius 2 is 1.42 bits per heavy atom. The fourth-order valence-electron chi connectivity index (χ4n) is 0.256. The maximum atomic E-state index is 11.6. The third-order valence-corrected chi connectivity index (χ3v) is 0.943. The van der Waals surface area contributed by atoms with Crippen LogP contribution >= 0.6 is 0 Å². The van der Waals surface area contributed by atoms with Crippen molar-refractivity contribution in [3.05, 3.63) is 0 Å². The summed E-state index contributed by atoms with van der Waals surface area (Å²) in [4.78, 5) is 0. The molecule has 0 atom stereocenters. The van der Waals surface area contributed by atoms with E-state index in [2.05, 4.69) is 0 Å². The summed E-state index contributed by atoms with van der Waals surface area (Å²) in [6, 6.07) is 0. The molecule has 0 fully saturated rings. The Bertz CT molecular complexity index is 138. The van der Waals surface area contributed by atoms with E-state index in [-0.39, 0.29) is 58.2 Å². The molecular formula is C4H3F6ORb. The molecule has 68 valence electrons. The number of hydrogen-bond acceptors (Lipinski definition) is 1. The molecule has 0 aromatic carbocycles. The van der Waals surface area contributed by atoms with Crippen molar-refractivity contribution >= 4 is 0 Å². The first kappa shape index (κ1) is 15.8. The monoisotopic (exact) mass is 266 g/mol. The fourth-order valence-corrected chi connectivity index (χ4v) is 0.256. The van der Waals surface area contributed by atoms with Gasteiger partial charge in [-0.25, -0.2) is 17.6 Å². The first-order valence-electron chi connectivity index (χ1n) is 2.37. The van der Waals surface area contributed by atoms with E-state index < -0.39 is 24.9 Å². The van der Waals surface area contributed by atoms with Gasteiger partial charge in [0.25, 0.3) is 0 Å². The molecule has 0 unspecified atom stereocenters. The largest absolute Gasteiger partial charge is 1.00 e. The quantitative estimate of drug-likeness (QED) is 0.536. The predicted octanol–water partition coefficient (Wildman–Crippen LogP) is -2.11. The molecule has 0 N–H and O–H groups in total. The normalized spacial score (nSPS) is 13.0. The Morgan fingerprint density at radius 3 is 1.50 bits per heavy atom. The van der Waals surface area contributed by atoms with Crippen LogP contribution in [-0.4, -0.2) is 24.9 Å². The van der Waals surface area contributed by atoms with Crippen LogP contribution in [0.2, 0.25) is 0 Å². The molecule has 0 saturated carbocycles. The topological polar surface area (TPSA) is 23.1 Å². The Hall–Kier alpha value is 1.35. The van der Waals surface area contributed by atoms with Crippen LogP contribution in [0, 0.1) is 0 Å². The summed E-state index contributed by atoms with van der Waals surface area (Å²) >= 11 is 0. The minimum atomic E-state index is -5.53. The summed E-state index contributed by atoms with van der Waals surface area (Å²) in [6.45, 7) is -2.55. The molecule has 0 heterocycles. The van der Waals surface area contributed by atoms with Crippen molar-refractivity contribution in [1.29, 1.82) is 0 Å². The van der Waals surface area contributed by atoms with Crippen LogP contribution < -0.4 is 63.3 Å². The second-order valence-electron chi connectivity index (χ2n) is 1.77. The standard InChI is InChI=1S/C4H3F6O.Rb/c5-2(6)4(9,10)3(7,8)1-11;/h2H,1H2;/q-1;+1. The minimum Gasteiger partial charge on any atom is -0.850 e. The molecule has 0 spiro atoms. The average molecular weight is 267 g/mol. The van der Waals surface area contributed by atoms with E-state index in [1.165, 1.54) is 0 Å². The second kappa shape index (κ2) is 5.28. The zero-order valence-corrected chi connectivity index (χ0v) is 10.9. The molecule has 0 saturated heterocycles. The van der Waals surface area contributed by atoms with Crippen molar-refractivity contribution in [3.8, 4) is 0 Å². The molecule has 0 aliphatic rings. The summed E-state index contributed by atoms with van der Waals surface area (Å²) in [7, 11) is 0. The Balaban J connectivity index is 0. The summed E-state index contributed by atoms with van der Waals surface area (Å²) in [5.74, 6) is -10.7. The van der Waals surface area contributed by atoms with Crippen molar-refractivity contribution in [2.45, 2.75) is 18.3 Å². The number of hydrogen-bond donors (Lipinski definition) is 0. The zero-order valence-electron chi connectivity index (χ0n) is 5.96. The molecule has 0 radical (unpaired) electrons. The maximum Gasteiger partial charge on any atom is 1.00 e. The molecule has 12 heavy (non-hydrogen) atoms. The fraction of sp³-hybridized carbons (Fsp3) is 1.00. The SMILES string of the molecule is [O-]CC(F)(F)C(F)(F)C(F)F.[Rb+]. The van der Waals surface area contributed by atoms with E-state index in [4.69, 9.17) is 0 Å². The van der Waals surface area contributed by atoms with E-state index in [0.717, 1.165) is 0 Å². The molecule has 0 rings (SSSR count). The maximum absolute atomic E-state index is 11.6. The van der Waals surface area contributed by atoms with Gasteiger partial charge in [0.15, 0.2) is 0 Å². The Kier molecular flexibility index (Phi) is 6.95. The molecule has 0 aliphatic carbocycles. The molecule has 0 aromatic heterocycles. The smallest absolute Gasteiger partial charge is 0.850 e. The number of halogens is 6. The van der Waals surface area contributed by atoms with Crippen molar-refractivity contribution in [2.75, 3.05) is 6.61 Å². The van der Waals surface area contributed by atoms with Crippen LogP contribution in [0.3, 0.4) is 0 Å². The van der Waals surface area contributed by atoms with Crippen molar-refractivity contribution < 1.29 is 89.6 Å². The van der Waals surface area contributed by atoms with Crippen LogP contribution in [0.5, 0.6) is 0 Å². The minimum absolute atomic E-state index is 0. The van der Waals surface area contributed by atoms with Gasteiger partial charge in [-0.15, -0.1) is 0 Å². The van der Waals surface area contributed by atoms with Crippen LogP contribution in [0.15, 0.2) is 0 Å². The first-order chi connectivity index (χ1) is 4.75. The third-order valence-electron chi connectivity index (χ3n) is 0.943. The molecule has 0 bridgehead atoms. The van der Waals surface area contributed by atoms with Gasteiger partial charge in [0.05, 0.1) is 0 Å². The van der Waals surface area contributed by atoms with Gasteiger partial charge in [-0.05, 0) is 0 Å². The van der Waals surface area contributed by atoms with E-state index in [1.807, 2.05) is 0 Å². The number of alkyl halides is 6. The second-order valence-corrected chi connectivity index (χ2v) is 1.77. The van der Waals surface area contributed by atoms with Crippen LogP contribution in [-0.2, 0) is 0 Å². The van der Waals surface area contributed by atoms with E-state index in [9.17, 15) is 31.4 Å². The van der Waals surface area contributed by atoms with Crippen molar-refractivity contribution in [2.24, 2.45) is 0 Å². The Labute approximate surface area is 113 Å². The van der Waals surface area contributed by atoms with Crippen molar-refractivity contribution in [3.63, 3.8) is 0 Å². The molecular weight excluding hydrogens is 263 g/mol. The van der Waals surface area contributed by atoms with E-state index in [1.54, 1.807) is 0 Å². The molecule has 1 nitrogen and oxygen atoms in total. The molecule has 0 aliphatic heterocycles. The van der Waals surface area contributed by atoms with E-state index >= 15 is 0 Å². The predicted molar refractivity (Wildman–Crippen MR) is 20.8 cm³/mol. The summed E-state index contributed by atoms with van der Waals surface area (Å²) in [5, 5.41) is 9.34. The van der Waals surface area contributed by atoms with Gasteiger partial charge in [0.1, 0.15) is 0 Å². The van der Waals surface area contributed by atoms with Crippen LogP contribution in [0.1, 0.15) is 0 Å². The van der Waals surface area contributed by atoms with Gasteiger partial charge in [-0.3, -0.25) is 0 Å². The summed E-state index contributed by atoms with van der Waals surface area (Å²) < 4.78 is 68.8. The van der Waals surface area contributed by atoms with Crippen LogP contribution in [0.25, 0.3) is 0 Å². The van der Waals surface area contributed by atoms with E-state index in [0.29, 0.717) is 0 Å². The molecule has 0 amide bonds. The zero-order chi connectivity index (χ0) is 9.28. The summed E-state index contributed by atoms with van der Waals surface area (Å²) in [6.07, 6.45) is -4.52. The number of rotatable bonds is 3. The summed E-state index contributed by atoms with van der Waals surface area (Å²) in [5.41, 5.74) is 0. The van der Waals surface area contributed by atoms with Gasteiger partial charge >= 0.3 is 76.5 Å². The van der Waals surface area contributed by atoms with Crippen molar-refractivity contribution in [1.82, 2.24) is 0 Å². The Morgan fingerprint density at radius 1 is 1.08 bits per heavy atom. The third kappa shape index (κ3) is 3.24. The van der Waals surface area contributed by atoms with Crippen LogP contribution in [0.4, 0.5) is 26.3 Å². The van der Waals surface area contributed by atoms with Gasteiger partial charge in [0.2, 0.25) is 0 Å².